The summed E-state index contributed by atoms with van der Waals surface area (Å²) in [6, 6.07) is 6.00. The molecule has 0 bridgehead atoms. The van der Waals surface area contributed by atoms with Crippen LogP contribution >= 0.6 is 0 Å². The van der Waals surface area contributed by atoms with Crippen LogP contribution in [0.2, 0.25) is 0 Å². The Bertz CT molecular complexity index is 646. The second kappa shape index (κ2) is 6.08. The molecule has 0 spiro atoms. The summed E-state index contributed by atoms with van der Waals surface area (Å²) in [5.74, 6) is -0.343. The van der Waals surface area contributed by atoms with E-state index in [1.165, 1.54) is 12.1 Å². The zero-order chi connectivity index (χ0) is 15.6. The summed E-state index contributed by atoms with van der Waals surface area (Å²) >= 11 is 0. The van der Waals surface area contributed by atoms with E-state index in [9.17, 15) is 9.18 Å². The number of nitrogens with one attached hydrogen (secondary N) is 1. The molecule has 0 aliphatic carbocycles. The van der Waals surface area contributed by atoms with Crippen LogP contribution in [-0.2, 0) is 18.3 Å². The Balaban J connectivity index is 2.03. The third-order valence-electron chi connectivity index (χ3n) is 3.74. The number of amides is 1. The van der Waals surface area contributed by atoms with Crippen molar-refractivity contribution < 1.29 is 9.18 Å². The first-order valence-electron chi connectivity index (χ1n) is 6.92. The first-order valence-corrected chi connectivity index (χ1v) is 6.92. The summed E-state index contributed by atoms with van der Waals surface area (Å²) < 4.78 is 14.7. The SMILES string of the molecule is Cc1nn(C)c(C)c1CC(=O)N[C@@H](C)c1ccc(F)cc1. The van der Waals surface area contributed by atoms with Crippen molar-refractivity contribution in [2.45, 2.75) is 33.2 Å². The number of benzene rings is 1. The van der Waals surface area contributed by atoms with Gasteiger partial charge in [0.1, 0.15) is 5.82 Å². The second-order valence-corrected chi connectivity index (χ2v) is 5.29. The Morgan fingerprint density at radius 1 is 1.33 bits per heavy atom. The molecule has 1 amide bonds. The van der Waals surface area contributed by atoms with Crippen LogP contribution in [-0.4, -0.2) is 15.7 Å². The largest absolute Gasteiger partial charge is 0.349 e. The van der Waals surface area contributed by atoms with Gasteiger partial charge in [0.15, 0.2) is 0 Å². The molecule has 0 fully saturated rings. The minimum Gasteiger partial charge on any atom is -0.349 e. The molecule has 0 radical (unpaired) electrons. The lowest BCUT2D eigenvalue weighted by Gasteiger charge is -2.14. The first kappa shape index (κ1) is 15.2. The molecule has 1 N–H and O–H groups in total. The number of hydrogen-bond acceptors (Lipinski definition) is 2. The number of halogens is 1. The molecule has 1 atom stereocenters. The van der Waals surface area contributed by atoms with Crippen molar-refractivity contribution in [3.8, 4) is 0 Å². The molecule has 1 aromatic carbocycles. The van der Waals surface area contributed by atoms with Gasteiger partial charge < -0.3 is 5.32 Å². The van der Waals surface area contributed by atoms with Gasteiger partial charge in [0.2, 0.25) is 5.91 Å². The summed E-state index contributed by atoms with van der Waals surface area (Å²) in [5.41, 5.74) is 3.71. The molecule has 0 saturated carbocycles. The van der Waals surface area contributed by atoms with Crippen LogP contribution in [0.1, 0.15) is 35.5 Å². The molecule has 1 heterocycles. The van der Waals surface area contributed by atoms with Gasteiger partial charge in [0.05, 0.1) is 18.2 Å². The second-order valence-electron chi connectivity index (χ2n) is 5.29. The number of nitrogens with zero attached hydrogens (tertiary/aromatic N) is 2. The van der Waals surface area contributed by atoms with Gasteiger partial charge in [0, 0.05) is 18.3 Å². The van der Waals surface area contributed by atoms with Crippen LogP contribution in [0.3, 0.4) is 0 Å². The normalized spacial score (nSPS) is 12.2. The Morgan fingerprint density at radius 2 is 1.95 bits per heavy atom. The molecule has 0 aliphatic rings. The van der Waals surface area contributed by atoms with Crippen molar-refractivity contribution >= 4 is 5.91 Å². The zero-order valence-corrected chi connectivity index (χ0v) is 12.8. The lowest BCUT2D eigenvalue weighted by atomic mass is 10.1. The molecule has 112 valence electrons. The average molecular weight is 289 g/mol. The highest BCUT2D eigenvalue weighted by Gasteiger charge is 2.15. The average Bonchev–Trinajstić information content (AvgIpc) is 2.66. The number of carbonyl (C=O) groups excluding carboxylic acids is 1. The summed E-state index contributed by atoms with van der Waals surface area (Å²) in [4.78, 5) is 12.2. The van der Waals surface area contributed by atoms with Crippen molar-refractivity contribution in [2.24, 2.45) is 7.05 Å². The minimum atomic E-state index is -0.279. The number of hydrogen-bond donors (Lipinski definition) is 1. The molecule has 0 saturated heterocycles. The summed E-state index contributed by atoms with van der Waals surface area (Å²) in [5, 5.41) is 7.24. The topological polar surface area (TPSA) is 46.9 Å². The monoisotopic (exact) mass is 289 g/mol. The van der Waals surface area contributed by atoms with E-state index in [-0.39, 0.29) is 17.8 Å². The molecule has 4 nitrogen and oxygen atoms in total. The van der Waals surface area contributed by atoms with Gasteiger partial charge in [0.25, 0.3) is 0 Å². The fraction of sp³-hybridized carbons (Fsp3) is 0.375. The fourth-order valence-corrected chi connectivity index (χ4v) is 2.36. The first-order chi connectivity index (χ1) is 9.88. The van der Waals surface area contributed by atoms with Crippen LogP contribution in [0.25, 0.3) is 0 Å². The molecular formula is C16H20FN3O. The van der Waals surface area contributed by atoms with E-state index in [2.05, 4.69) is 10.4 Å². The Kier molecular flexibility index (Phi) is 4.40. The minimum absolute atomic E-state index is 0.0639. The summed E-state index contributed by atoms with van der Waals surface area (Å²) in [7, 11) is 1.87. The van der Waals surface area contributed by atoms with Crippen LogP contribution < -0.4 is 5.32 Å². The van der Waals surface area contributed by atoms with Gasteiger partial charge in [-0.3, -0.25) is 9.48 Å². The summed E-state index contributed by atoms with van der Waals surface area (Å²) in [6.07, 6.45) is 0.303. The smallest absolute Gasteiger partial charge is 0.225 e. The van der Waals surface area contributed by atoms with Crippen molar-refractivity contribution in [3.05, 3.63) is 52.6 Å². The molecule has 21 heavy (non-hydrogen) atoms. The third-order valence-corrected chi connectivity index (χ3v) is 3.74. The Morgan fingerprint density at radius 3 is 2.48 bits per heavy atom. The third kappa shape index (κ3) is 3.48. The quantitative estimate of drug-likeness (QED) is 0.940. The van der Waals surface area contributed by atoms with Gasteiger partial charge in [-0.05, 0) is 38.5 Å². The van der Waals surface area contributed by atoms with Crippen molar-refractivity contribution in [1.82, 2.24) is 15.1 Å². The highest BCUT2D eigenvalue weighted by molar-refractivity contribution is 5.79. The van der Waals surface area contributed by atoms with Gasteiger partial charge in [-0.25, -0.2) is 4.39 Å². The maximum Gasteiger partial charge on any atom is 0.225 e. The standard InChI is InChI=1S/C16H20FN3O/c1-10(13-5-7-14(17)8-6-13)18-16(21)9-15-11(2)19-20(4)12(15)3/h5-8,10H,9H2,1-4H3,(H,18,21)/t10-/m0/s1. The highest BCUT2D eigenvalue weighted by Crippen LogP contribution is 2.15. The zero-order valence-electron chi connectivity index (χ0n) is 12.8. The van der Waals surface area contributed by atoms with E-state index < -0.39 is 0 Å². The predicted molar refractivity (Wildman–Crippen MR) is 79.3 cm³/mol. The molecule has 0 unspecified atom stereocenters. The van der Waals surface area contributed by atoms with Crippen molar-refractivity contribution in [1.29, 1.82) is 0 Å². The number of aryl methyl sites for hydroxylation is 2. The van der Waals surface area contributed by atoms with Crippen LogP contribution in [0.15, 0.2) is 24.3 Å². The molecule has 5 heteroatoms. The number of aromatic nitrogens is 2. The van der Waals surface area contributed by atoms with E-state index in [1.807, 2.05) is 27.8 Å². The van der Waals surface area contributed by atoms with E-state index in [0.717, 1.165) is 22.5 Å². The van der Waals surface area contributed by atoms with Crippen molar-refractivity contribution in [3.63, 3.8) is 0 Å². The van der Waals surface area contributed by atoms with E-state index in [4.69, 9.17) is 0 Å². The van der Waals surface area contributed by atoms with E-state index in [1.54, 1.807) is 16.8 Å². The van der Waals surface area contributed by atoms with Crippen LogP contribution in [0.4, 0.5) is 4.39 Å². The Labute approximate surface area is 124 Å². The maximum atomic E-state index is 12.9. The molecule has 1 aromatic heterocycles. The van der Waals surface area contributed by atoms with Gasteiger partial charge in [-0.2, -0.15) is 5.10 Å². The predicted octanol–water partition coefficient (Wildman–Crippen LogP) is 2.60. The van der Waals surface area contributed by atoms with Gasteiger partial charge in [-0.1, -0.05) is 12.1 Å². The van der Waals surface area contributed by atoms with Gasteiger partial charge in [-0.15, -0.1) is 0 Å². The van der Waals surface area contributed by atoms with Gasteiger partial charge >= 0.3 is 0 Å². The fourth-order valence-electron chi connectivity index (χ4n) is 2.36. The van der Waals surface area contributed by atoms with E-state index in [0.29, 0.717) is 6.42 Å². The Hall–Kier alpha value is -2.17. The molecule has 0 aliphatic heterocycles. The van der Waals surface area contributed by atoms with E-state index >= 15 is 0 Å². The molecular weight excluding hydrogens is 269 g/mol. The molecule has 2 rings (SSSR count). The number of carbonyl (C=O) groups is 1. The lowest BCUT2D eigenvalue weighted by Crippen LogP contribution is -2.28. The highest BCUT2D eigenvalue weighted by atomic mass is 19.1. The van der Waals surface area contributed by atoms with Crippen molar-refractivity contribution in [2.75, 3.05) is 0 Å². The van der Waals surface area contributed by atoms with Crippen LogP contribution in [0, 0.1) is 19.7 Å². The summed E-state index contributed by atoms with van der Waals surface area (Å²) in [6.45, 7) is 5.74. The molecule has 2 aromatic rings. The lowest BCUT2D eigenvalue weighted by molar-refractivity contribution is -0.121. The van der Waals surface area contributed by atoms with Crippen LogP contribution in [0.5, 0.6) is 0 Å². The number of rotatable bonds is 4. The maximum absolute atomic E-state index is 12.9.